The highest BCUT2D eigenvalue weighted by atomic mass is 32.2. The quantitative estimate of drug-likeness (QED) is 0.776. The number of nitrogens with zero attached hydrogens (tertiary/aromatic N) is 1. The minimum absolute atomic E-state index is 0.122. The molecule has 1 aromatic carbocycles. The number of fused-ring (bicyclic) bond motifs is 1. The summed E-state index contributed by atoms with van der Waals surface area (Å²) in [7, 11) is -3.63. The fourth-order valence-electron chi connectivity index (χ4n) is 3.10. The predicted molar refractivity (Wildman–Crippen MR) is 99.7 cm³/mol. The van der Waals surface area contributed by atoms with E-state index < -0.39 is 21.5 Å². The number of carbonyl (C=O) groups is 1. The van der Waals surface area contributed by atoms with Crippen LogP contribution in [0.2, 0.25) is 0 Å². The number of aromatic amines is 1. The molecule has 2 heterocycles. The van der Waals surface area contributed by atoms with Crippen molar-refractivity contribution in [3.05, 3.63) is 52.8 Å². The highest BCUT2D eigenvalue weighted by Gasteiger charge is 2.26. The van der Waals surface area contributed by atoms with Crippen LogP contribution in [0.1, 0.15) is 29.6 Å². The van der Waals surface area contributed by atoms with E-state index in [2.05, 4.69) is 16.9 Å². The number of pyridine rings is 1. The van der Waals surface area contributed by atoms with Crippen molar-refractivity contribution in [3.8, 4) is 0 Å². The van der Waals surface area contributed by atoms with E-state index in [1.165, 1.54) is 34.6 Å². The van der Waals surface area contributed by atoms with Crippen LogP contribution in [0.3, 0.4) is 0 Å². The van der Waals surface area contributed by atoms with Gasteiger partial charge in [-0.1, -0.05) is 12.5 Å². The lowest BCUT2D eigenvalue weighted by atomic mass is 10.1. The van der Waals surface area contributed by atoms with Crippen molar-refractivity contribution in [2.45, 2.75) is 24.2 Å². The van der Waals surface area contributed by atoms with E-state index >= 15 is 0 Å². The lowest BCUT2D eigenvalue weighted by Gasteiger charge is -2.26. The van der Waals surface area contributed by atoms with E-state index in [1.807, 2.05) is 0 Å². The second kappa shape index (κ2) is 7.43. The van der Waals surface area contributed by atoms with Gasteiger partial charge in [0.05, 0.1) is 10.5 Å². The molecule has 0 atom stereocenters. The van der Waals surface area contributed by atoms with E-state index in [-0.39, 0.29) is 17.0 Å². The lowest BCUT2D eigenvalue weighted by molar-refractivity contribution is 0.0959. The minimum Gasteiger partial charge on any atom is -0.349 e. The normalized spacial score (nSPS) is 15.7. The van der Waals surface area contributed by atoms with Gasteiger partial charge >= 0.3 is 0 Å². The molecule has 2 aromatic rings. The second-order valence-electron chi connectivity index (χ2n) is 6.22. The Bertz CT molecular complexity index is 1000. The molecule has 1 aliphatic heterocycles. The van der Waals surface area contributed by atoms with Gasteiger partial charge in [-0.2, -0.15) is 4.31 Å². The molecule has 0 unspecified atom stereocenters. The third kappa shape index (κ3) is 3.56. The summed E-state index contributed by atoms with van der Waals surface area (Å²) >= 11 is 0. The number of piperidine rings is 1. The fraction of sp³-hybridized carbons (Fsp3) is 0.333. The van der Waals surface area contributed by atoms with Crippen LogP contribution in [0.25, 0.3) is 10.9 Å². The van der Waals surface area contributed by atoms with E-state index in [1.54, 1.807) is 0 Å². The topological polar surface area (TPSA) is 99.3 Å². The van der Waals surface area contributed by atoms with E-state index in [4.69, 9.17) is 0 Å². The first kappa shape index (κ1) is 18.3. The zero-order chi connectivity index (χ0) is 18.7. The van der Waals surface area contributed by atoms with Gasteiger partial charge in [0, 0.05) is 36.6 Å². The Morgan fingerprint density at radius 1 is 1.23 bits per heavy atom. The third-order valence-electron chi connectivity index (χ3n) is 4.42. The van der Waals surface area contributed by atoms with Crippen molar-refractivity contribution in [1.29, 1.82) is 0 Å². The summed E-state index contributed by atoms with van der Waals surface area (Å²) in [6.07, 6.45) is 4.24. The summed E-state index contributed by atoms with van der Waals surface area (Å²) < 4.78 is 27.3. The average molecular weight is 375 g/mol. The molecular formula is C18H21N3O4S. The van der Waals surface area contributed by atoms with Gasteiger partial charge in [0.1, 0.15) is 0 Å². The van der Waals surface area contributed by atoms with Gasteiger partial charge in [-0.05, 0) is 31.0 Å². The summed E-state index contributed by atoms with van der Waals surface area (Å²) in [5.74, 6) is -0.450. The Morgan fingerprint density at radius 2 is 1.96 bits per heavy atom. The molecule has 0 saturated carbocycles. The summed E-state index contributed by atoms with van der Waals surface area (Å²) in [4.78, 5) is 26.9. The molecule has 0 radical (unpaired) electrons. The Hall–Kier alpha value is -2.45. The molecule has 1 aromatic heterocycles. The van der Waals surface area contributed by atoms with Gasteiger partial charge in [-0.25, -0.2) is 8.42 Å². The summed E-state index contributed by atoms with van der Waals surface area (Å²) in [6, 6.07) is 5.63. The summed E-state index contributed by atoms with van der Waals surface area (Å²) in [5, 5.41) is 3.01. The van der Waals surface area contributed by atoms with Gasteiger partial charge < -0.3 is 10.3 Å². The molecule has 7 nitrogen and oxygen atoms in total. The van der Waals surface area contributed by atoms with Gasteiger partial charge in [-0.3, -0.25) is 9.59 Å². The minimum atomic E-state index is -3.63. The van der Waals surface area contributed by atoms with E-state index in [0.29, 0.717) is 24.0 Å². The Kier molecular flexibility index (Phi) is 5.24. The maximum absolute atomic E-state index is 12.9. The predicted octanol–water partition coefficient (Wildman–Crippen LogP) is 1.62. The van der Waals surface area contributed by atoms with Crippen LogP contribution in [0.5, 0.6) is 0 Å². The van der Waals surface area contributed by atoms with Gasteiger partial charge in [0.15, 0.2) is 0 Å². The first-order valence-electron chi connectivity index (χ1n) is 8.50. The number of aromatic nitrogens is 1. The van der Waals surface area contributed by atoms with E-state index in [9.17, 15) is 18.0 Å². The maximum atomic E-state index is 12.9. The number of H-pyrrole nitrogens is 1. The van der Waals surface area contributed by atoms with Gasteiger partial charge in [0.2, 0.25) is 15.6 Å². The fourth-order valence-corrected chi connectivity index (χ4v) is 4.64. The summed E-state index contributed by atoms with van der Waals surface area (Å²) in [5.41, 5.74) is 0.132. The number of amides is 1. The van der Waals surface area contributed by atoms with Crippen LogP contribution in [0, 0.1) is 0 Å². The van der Waals surface area contributed by atoms with Gasteiger partial charge in [-0.15, -0.1) is 6.58 Å². The van der Waals surface area contributed by atoms with Crippen molar-refractivity contribution in [2.24, 2.45) is 0 Å². The molecule has 1 saturated heterocycles. The number of sulfonamides is 1. The van der Waals surface area contributed by atoms with Crippen molar-refractivity contribution in [2.75, 3.05) is 19.6 Å². The number of rotatable bonds is 5. The maximum Gasteiger partial charge on any atom is 0.252 e. The second-order valence-corrected chi connectivity index (χ2v) is 8.16. The van der Waals surface area contributed by atoms with Crippen LogP contribution in [0.4, 0.5) is 0 Å². The molecule has 8 heteroatoms. The third-order valence-corrected chi connectivity index (χ3v) is 6.31. The smallest absolute Gasteiger partial charge is 0.252 e. The molecule has 1 aliphatic rings. The number of benzene rings is 1. The number of hydrogen-bond acceptors (Lipinski definition) is 4. The molecule has 1 fully saturated rings. The molecule has 0 bridgehead atoms. The first-order valence-corrected chi connectivity index (χ1v) is 9.94. The Labute approximate surface area is 151 Å². The van der Waals surface area contributed by atoms with Crippen LogP contribution in [0.15, 0.2) is 46.6 Å². The summed E-state index contributed by atoms with van der Waals surface area (Å²) in [6.45, 7) is 4.78. The standard InChI is InChI=1S/C18H21N3O4S/c1-2-8-19-18(23)15-12-17(22)20-16-7-6-13(11-14(15)16)26(24,25)21-9-4-3-5-10-21/h2,6-7,11-12H,1,3-5,8-10H2,(H,19,23)(H,20,22). The molecule has 2 N–H and O–H groups in total. The highest BCUT2D eigenvalue weighted by molar-refractivity contribution is 7.89. The molecule has 26 heavy (non-hydrogen) atoms. The van der Waals surface area contributed by atoms with E-state index in [0.717, 1.165) is 19.3 Å². The Morgan fingerprint density at radius 3 is 2.65 bits per heavy atom. The zero-order valence-corrected chi connectivity index (χ0v) is 15.1. The van der Waals surface area contributed by atoms with Crippen molar-refractivity contribution in [1.82, 2.24) is 14.6 Å². The Balaban J connectivity index is 2.09. The molecule has 138 valence electrons. The molecule has 0 spiro atoms. The number of hydrogen-bond donors (Lipinski definition) is 2. The molecule has 0 aliphatic carbocycles. The van der Waals surface area contributed by atoms with Crippen LogP contribution < -0.4 is 10.9 Å². The van der Waals surface area contributed by atoms with Crippen LogP contribution >= 0.6 is 0 Å². The molecular weight excluding hydrogens is 354 g/mol. The zero-order valence-electron chi connectivity index (χ0n) is 14.3. The average Bonchev–Trinajstić information content (AvgIpc) is 2.65. The van der Waals surface area contributed by atoms with Crippen molar-refractivity contribution >= 4 is 26.8 Å². The van der Waals surface area contributed by atoms with Crippen molar-refractivity contribution in [3.63, 3.8) is 0 Å². The first-order chi connectivity index (χ1) is 12.4. The van der Waals surface area contributed by atoms with Crippen LogP contribution in [-0.2, 0) is 10.0 Å². The largest absolute Gasteiger partial charge is 0.349 e. The van der Waals surface area contributed by atoms with Gasteiger partial charge in [0.25, 0.3) is 5.91 Å². The SMILES string of the molecule is C=CCNC(=O)c1cc(=O)[nH]c2ccc(S(=O)(=O)N3CCCCC3)cc12. The molecule has 1 amide bonds. The molecule has 3 rings (SSSR count). The number of nitrogens with one attached hydrogen (secondary N) is 2. The monoisotopic (exact) mass is 375 g/mol. The lowest BCUT2D eigenvalue weighted by Crippen LogP contribution is -2.35. The van der Waals surface area contributed by atoms with Crippen molar-refractivity contribution < 1.29 is 13.2 Å². The highest BCUT2D eigenvalue weighted by Crippen LogP contribution is 2.24. The van der Waals surface area contributed by atoms with Crippen LogP contribution in [-0.4, -0.2) is 43.2 Å². The number of carbonyl (C=O) groups excluding carboxylic acids is 1.